The van der Waals surface area contributed by atoms with Gasteiger partial charge in [-0.2, -0.15) is 0 Å². The van der Waals surface area contributed by atoms with Crippen LogP contribution in [0.4, 0.5) is 0 Å². The molecule has 264 valence electrons. The van der Waals surface area contributed by atoms with Crippen molar-refractivity contribution in [2.45, 2.75) is 27.7 Å². The Hall–Kier alpha value is -5.55. The van der Waals surface area contributed by atoms with Gasteiger partial charge in [-0.15, -0.1) is 0 Å². The van der Waals surface area contributed by atoms with Gasteiger partial charge in [0.25, 0.3) is 0 Å². The molecule has 6 aromatic carbocycles. The van der Waals surface area contributed by atoms with Gasteiger partial charge in [0.15, 0.2) is 0 Å². The third kappa shape index (κ3) is 9.02. The normalized spacial score (nSPS) is 10.8. The van der Waals surface area contributed by atoms with Crippen molar-refractivity contribution >= 4 is 23.0 Å². The Labute approximate surface area is 306 Å². The van der Waals surface area contributed by atoms with Gasteiger partial charge >= 0.3 is 17.2 Å². The highest BCUT2D eigenvalue weighted by atomic mass is 31.2. The summed E-state index contributed by atoms with van der Waals surface area (Å²) in [7, 11) is -2.63. The fraction of sp³-hybridized carbons (Fsp3) is 0.119. The summed E-state index contributed by atoms with van der Waals surface area (Å²) >= 11 is 0. The van der Waals surface area contributed by atoms with Gasteiger partial charge in [0.2, 0.25) is 5.78 Å². The number of ketones is 1. The Morgan fingerprint density at radius 2 is 0.731 bits per heavy atom. The first kappa shape index (κ1) is 36.2. The van der Waals surface area contributed by atoms with Crippen molar-refractivity contribution in [2.75, 3.05) is 7.11 Å². The molecule has 0 aromatic heterocycles. The molecule has 0 amide bonds. The lowest BCUT2D eigenvalue weighted by molar-refractivity contribution is 0.103. The van der Waals surface area contributed by atoms with E-state index in [2.05, 4.69) is 0 Å². The minimum absolute atomic E-state index is 0.210. The Morgan fingerprint density at radius 3 is 1.13 bits per heavy atom. The lowest BCUT2D eigenvalue weighted by Crippen LogP contribution is -2.10. The standard InChI is InChI=1S/C42H38O8P2/c1-29-16-6-11-21-36(29)45-51(46-37-22-12-7-17-30(37)2)49-40-25-15-10-20-34(40)42(43)35-27-26-33(44-5)28-41(35)50-52(47-38-23-13-8-18-31(38)3)48-39-24-14-9-19-32(39)4/h6-28H,1-5H3. The largest absolute Gasteiger partial charge is 0.530 e. The summed E-state index contributed by atoms with van der Waals surface area (Å²) in [5.74, 6) is 3.00. The van der Waals surface area contributed by atoms with Crippen molar-refractivity contribution < 1.29 is 36.7 Å². The molecule has 6 rings (SSSR count). The second kappa shape index (κ2) is 17.1. The summed E-state index contributed by atoms with van der Waals surface area (Å²) in [6.45, 7) is 7.77. The van der Waals surface area contributed by atoms with Gasteiger partial charge in [-0.05, 0) is 98.5 Å². The average Bonchev–Trinajstić information content (AvgIpc) is 3.15. The minimum Gasteiger partial charge on any atom is -0.497 e. The number of hydrogen-bond acceptors (Lipinski definition) is 8. The Kier molecular flexibility index (Phi) is 11.9. The fourth-order valence-electron chi connectivity index (χ4n) is 5.00. The zero-order valence-electron chi connectivity index (χ0n) is 29.4. The van der Waals surface area contributed by atoms with Gasteiger partial charge in [0.05, 0.1) is 18.2 Å². The van der Waals surface area contributed by atoms with Gasteiger partial charge in [-0.3, -0.25) is 4.79 Å². The molecule has 0 heterocycles. The second-order valence-electron chi connectivity index (χ2n) is 11.7. The number of carbonyl (C=O) groups is 1. The van der Waals surface area contributed by atoms with Gasteiger partial charge in [-0.25, -0.2) is 0 Å². The van der Waals surface area contributed by atoms with Crippen LogP contribution < -0.4 is 31.9 Å². The number of rotatable bonds is 15. The first-order chi connectivity index (χ1) is 25.3. The number of benzene rings is 6. The maximum Gasteiger partial charge on any atom is 0.530 e. The van der Waals surface area contributed by atoms with Crippen LogP contribution in [0.2, 0.25) is 0 Å². The van der Waals surface area contributed by atoms with E-state index in [9.17, 15) is 4.79 Å². The van der Waals surface area contributed by atoms with Crippen molar-refractivity contribution in [2.24, 2.45) is 0 Å². The smallest absolute Gasteiger partial charge is 0.497 e. The zero-order chi connectivity index (χ0) is 36.5. The molecule has 0 saturated carbocycles. The van der Waals surface area contributed by atoms with Crippen LogP contribution in [0.1, 0.15) is 38.2 Å². The van der Waals surface area contributed by atoms with E-state index in [0.29, 0.717) is 28.7 Å². The van der Waals surface area contributed by atoms with Gasteiger partial charge < -0.3 is 31.9 Å². The summed E-state index contributed by atoms with van der Waals surface area (Å²) in [6.07, 6.45) is 0. The molecule has 0 bridgehead atoms. The van der Waals surface area contributed by atoms with Crippen molar-refractivity contribution in [3.05, 3.63) is 173 Å². The van der Waals surface area contributed by atoms with Crippen LogP contribution in [0.5, 0.6) is 40.2 Å². The molecule has 0 aliphatic rings. The topological polar surface area (TPSA) is 81.7 Å². The van der Waals surface area contributed by atoms with Crippen LogP contribution in [0.3, 0.4) is 0 Å². The molecular formula is C42H38O8P2. The SMILES string of the molecule is COc1ccc(C(=O)c2ccccc2OP(Oc2ccccc2C)Oc2ccccc2C)c(OP(Oc2ccccc2C)Oc2ccccc2C)c1. The summed E-state index contributed by atoms with van der Waals surface area (Å²) in [5, 5.41) is 0. The van der Waals surface area contributed by atoms with E-state index in [1.807, 2.05) is 125 Å². The monoisotopic (exact) mass is 732 g/mol. The molecule has 0 N–H and O–H groups in total. The molecule has 0 spiro atoms. The number of carbonyl (C=O) groups excluding carboxylic acids is 1. The van der Waals surface area contributed by atoms with E-state index in [1.165, 1.54) is 0 Å². The number of ether oxygens (including phenoxy) is 1. The molecule has 0 aliphatic heterocycles. The molecule has 0 fully saturated rings. The molecule has 52 heavy (non-hydrogen) atoms. The highest BCUT2D eigenvalue weighted by molar-refractivity contribution is 7.43. The zero-order valence-corrected chi connectivity index (χ0v) is 31.2. The quantitative estimate of drug-likeness (QED) is 0.0762. The van der Waals surface area contributed by atoms with Crippen molar-refractivity contribution in [1.29, 1.82) is 0 Å². The predicted octanol–water partition coefficient (Wildman–Crippen LogP) is 11.7. The van der Waals surface area contributed by atoms with Crippen molar-refractivity contribution in [1.82, 2.24) is 0 Å². The molecule has 0 radical (unpaired) electrons. The molecule has 8 nitrogen and oxygen atoms in total. The van der Waals surface area contributed by atoms with E-state index in [-0.39, 0.29) is 28.4 Å². The average molecular weight is 733 g/mol. The number of para-hydroxylation sites is 5. The van der Waals surface area contributed by atoms with E-state index in [4.69, 9.17) is 31.9 Å². The van der Waals surface area contributed by atoms with Gasteiger partial charge in [-0.1, -0.05) is 84.9 Å². The van der Waals surface area contributed by atoms with Crippen LogP contribution in [0.15, 0.2) is 140 Å². The van der Waals surface area contributed by atoms with Crippen LogP contribution in [0.25, 0.3) is 0 Å². The second-order valence-corrected chi connectivity index (χ2v) is 13.7. The molecule has 10 heteroatoms. The summed E-state index contributed by atoms with van der Waals surface area (Å²) in [6, 6.07) is 42.3. The van der Waals surface area contributed by atoms with Crippen LogP contribution in [-0.2, 0) is 0 Å². The molecule has 0 unspecified atom stereocenters. The lowest BCUT2D eigenvalue weighted by Gasteiger charge is -2.22. The number of methoxy groups -OCH3 is 1. The summed E-state index contributed by atoms with van der Waals surface area (Å²) in [5.41, 5.74) is 4.14. The van der Waals surface area contributed by atoms with Crippen LogP contribution in [0, 0.1) is 27.7 Å². The third-order valence-electron chi connectivity index (χ3n) is 7.98. The Bertz CT molecular complexity index is 2060. The van der Waals surface area contributed by atoms with E-state index in [1.54, 1.807) is 49.6 Å². The lowest BCUT2D eigenvalue weighted by atomic mass is 10.0. The minimum atomic E-state index is -2.11. The highest BCUT2D eigenvalue weighted by Crippen LogP contribution is 2.48. The molecule has 0 saturated heterocycles. The Balaban J connectivity index is 1.35. The van der Waals surface area contributed by atoms with Crippen LogP contribution >= 0.6 is 17.2 Å². The first-order valence-corrected chi connectivity index (χ1v) is 18.7. The van der Waals surface area contributed by atoms with Crippen LogP contribution in [-0.4, -0.2) is 12.9 Å². The maximum atomic E-state index is 14.6. The molecule has 6 aromatic rings. The summed E-state index contributed by atoms with van der Waals surface area (Å²) < 4.78 is 43.8. The maximum absolute atomic E-state index is 14.6. The molecule has 0 aliphatic carbocycles. The Morgan fingerprint density at radius 1 is 0.404 bits per heavy atom. The fourth-order valence-corrected chi connectivity index (χ4v) is 7.32. The molecule has 0 atom stereocenters. The highest BCUT2D eigenvalue weighted by Gasteiger charge is 2.29. The predicted molar refractivity (Wildman–Crippen MR) is 205 cm³/mol. The molecular weight excluding hydrogens is 694 g/mol. The number of aryl methyl sites for hydroxylation is 4. The van der Waals surface area contributed by atoms with E-state index in [0.717, 1.165) is 22.3 Å². The first-order valence-electron chi connectivity index (χ1n) is 16.5. The van der Waals surface area contributed by atoms with Gasteiger partial charge in [0.1, 0.15) is 40.2 Å². The van der Waals surface area contributed by atoms with Crippen molar-refractivity contribution in [3.63, 3.8) is 0 Å². The summed E-state index contributed by atoms with van der Waals surface area (Å²) in [4.78, 5) is 14.6. The van der Waals surface area contributed by atoms with E-state index >= 15 is 0 Å². The van der Waals surface area contributed by atoms with Crippen molar-refractivity contribution in [3.8, 4) is 40.2 Å². The van der Waals surface area contributed by atoms with Gasteiger partial charge in [0, 0.05) is 6.07 Å². The van der Waals surface area contributed by atoms with E-state index < -0.39 is 17.2 Å². The third-order valence-corrected chi connectivity index (χ3v) is 10.1. The number of hydrogen-bond donors (Lipinski definition) is 0.